The minimum Gasteiger partial charge on any atom is -0.356 e. The van der Waals surface area contributed by atoms with Crippen molar-refractivity contribution in [3.63, 3.8) is 0 Å². The highest BCUT2D eigenvalue weighted by Crippen LogP contribution is 2.13. The fourth-order valence-electron chi connectivity index (χ4n) is 4.77. The Morgan fingerprint density at radius 2 is 1.02 bits per heavy atom. The highest BCUT2D eigenvalue weighted by Gasteiger charge is 2.12. The molecule has 0 fully saturated rings. The predicted octanol–water partition coefficient (Wildman–Crippen LogP) is 4.90. The van der Waals surface area contributed by atoms with Gasteiger partial charge in [-0.1, -0.05) is 84.0 Å². The summed E-state index contributed by atoms with van der Waals surface area (Å²) in [6.45, 7) is 8.28. The molecule has 0 saturated carbocycles. The summed E-state index contributed by atoms with van der Waals surface area (Å²) < 4.78 is 0. The number of rotatable bonds is 32. The summed E-state index contributed by atoms with van der Waals surface area (Å²) in [6, 6.07) is -0.471. The van der Waals surface area contributed by atoms with Crippen molar-refractivity contribution < 1.29 is 9.59 Å². The van der Waals surface area contributed by atoms with Gasteiger partial charge in [-0.2, -0.15) is 0 Å². The summed E-state index contributed by atoms with van der Waals surface area (Å²) in [7, 11) is 0. The maximum Gasteiger partial charge on any atom is 0.236 e. The van der Waals surface area contributed by atoms with Crippen molar-refractivity contribution in [1.29, 1.82) is 0 Å². The topological polar surface area (TPSA) is 134 Å². The molecule has 0 rings (SSSR count). The first-order valence-corrected chi connectivity index (χ1v) is 17.0. The number of nitrogens with one attached hydrogen (secondary N) is 4. The molecule has 0 bridgehead atoms. The molecule has 0 aromatic rings. The zero-order chi connectivity index (χ0) is 29.4. The monoisotopic (exact) mass is 569 g/mol. The molecule has 8 heteroatoms. The van der Waals surface area contributed by atoms with Gasteiger partial charge in [0.1, 0.15) is 0 Å². The Bertz CT molecular complexity index is 549. The van der Waals surface area contributed by atoms with Crippen LogP contribution in [0, 0.1) is 0 Å². The van der Waals surface area contributed by atoms with Crippen molar-refractivity contribution in [2.45, 2.75) is 148 Å². The van der Waals surface area contributed by atoms with E-state index in [1.54, 1.807) is 0 Å². The first kappa shape index (κ1) is 38.8. The van der Waals surface area contributed by atoms with Crippen LogP contribution in [-0.4, -0.2) is 63.7 Å². The second-order valence-corrected chi connectivity index (χ2v) is 11.4. The van der Waals surface area contributed by atoms with Crippen LogP contribution in [0.15, 0.2) is 0 Å². The molecule has 8 N–H and O–H groups in total. The highest BCUT2D eigenvalue weighted by molar-refractivity contribution is 5.81. The van der Waals surface area contributed by atoms with Gasteiger partial charge < -0.3 is 32.7 Å². The number of carbonyl (C=O) groups excluding carboxylic acids is 2. The van der Waals surface area contributed by atoms with Crippen LogP contribution in [0.3, 0.4) is 0 Å². The van der Waals surface area contributed by atoms with Crippen LogP contribution in [0.4, 0.5) is 0 Å². The minimum atomic E-state index is -0.471. The van der Waals surface area contributed by atoms with E-state index < -0.39 is 6.04 Å². The van der Waals surface area contributed by atoms with E-state index in [4.69, 9.17) is 11.5 Å². The molecule has 1 atom stereocenters. The highest BCUT2D eigenvalue weighted by atomic mass is 16.2. The van der Waals surface area contributed by atoms with Gasteiger partial charge in [0.25, 0.3) is 0 Å². The predicted molar refractivity (Wildman–Crippen MR) is 171 cm³/mol. The third-order valence-electron chi connectivity index (χ3n) is 7.45. The number of unbranched alkanes of at least 4 members (excludes halogenated alkanes) is 14. The van der Waals surface area contributed by atoms with Crippen LogP contribution in [0.25, 0.3) is 0 Å². The van der Waals surface area contributed by atoms with Crippen molar-refractivity contribution >= 4 is 11.8 Å². The van der Waals surface area contributed by atoms with Gasteiger partial charge in [0, 0.05) is 19.5 Å². The van der Waals surface area contributed by atoms with E-state index in [0.717, 1.165) is 84.1 Å². The Hall–Kier alpha value is -1.22. The molecule has 0 aromatic heterocycles. The molecular weight excluding hydrogens is 500 g/mol. The lowest BCUT2D eigenvalue weighted by atomic mass is 10.0. The third-order valence-corrected chi connectivity index (χ3v) is 7.45. The average Bonchev–Trinajstić information content (AvgIpc) is 2.95. The van der Waals surface area contributed by atoms with Gasteiger partial charge in [0.15, 0.2) is 0 Å². The summed E-state index contributed by atoms with van der Waals surface area (Å²) in [6.07, 6.45) is 24.3. The molecule has 0 saturated heterocycles. The van der Waals surface area contributed by atoms with Crippen LogP contribution in [-0.2, 0) is 9.59 Å². The summed E-state index contributed by atoms with van der Waals surface area (Å²) in [5.41, 5.74) is 11.5. The van der Waals surface area contributed by atoms with Crippen LogP contribution >= 0.6 is 0 Å². The fraction of sp³-hybridized carbons (Fsp3) is 0.938. The third kappa shape index (κ3) is 29.8. The van der Waals surface area contributed by atoms with Gasteiger partial charge in [-0.3, -0.25) is 9.59 Å². The Morgan fingerprint density at radius 1 is 0.550 bits per heavy atom. The minimum absolute atomic E-state index is 0.0741. The maximum absolute atomic E-state index is 12.2. The van der Waals surface area contributed by atoms with E-state index in [-0.39, 0.29) is 11.8 Å². The standard InChI is InChI=1S/C32H68N6O2/c1-2-3-4-5-6-7-8-9-10-11-12-13-14-22-31(39)37-28-16-15-21-30(34)32(40)38-29-20-27-36-25-18-17-24-35-26-19-23-33/h30,35-36H,2-29,33-34H2,1H3,(H,37,39)(H,38,40)/t30-/m0/s1. The van der Waals surface area contributed by atoms with Crippen LogP contribution in [0.1, 0.15) is 142 Å². The number of hydrogen-bond acceptors (Lipinski definition) is 6. The van der Waals surface area contributed by atoms with E-state index in [2.05, 4.69) is 28.2 Å². The first-order valence-electron chi connectivity index (χ1n) is 17.0. The summed E-state index contributed by atoms with van der Waals surface area (Å²) in [5, 5.41) is 12.8. The molecule has 0 radical (unpaired) electrons. The zero-order valence-electron chi connectivity index (χ0n) is 26.3. The molecule has 40 heavy (non-hydrogen) atoms. The molecular formula is C32H68N6O2. The normalized spacial score (nSPS) is 12.0. The molecule has 0 unspecified atom stereocenters. The second-order valence-electron chi connectivity index (χ2n) is 11.4. The number of carbonyl (C=O) groups is 2. The quantitative estimate of drug-likeness (QED) is 0.0640. The molecule has 0 aliphatic heterocycles. The van der Waals surface area contributed by atoms with Gasteiger partial charge >= 0.3 is 0 Å². The smallest absolute Gasteiger partial charge is 0.236 e. The van der Waals surface area contributed by atoms with Crippen molar-refractivity contribution in [3.8, 4) is 0 Å². The lowest BCUT2D eigenvalue weighted by molar-refractivity contribution is -0.123. The van der Waals surface area contributed by atoms with Gasteiger partial charge in [0.05, 0.1) is 6.04 Å². The van der Waals surface area contributed by atoms with E-state index in [0.29, 0.717) is 25.9 Å². The number of hydrogen-bond donors (Lipinski definition) is 6. The van der Waals surface area contributed by atoms with Gasteiger partial charge in [-0.15, -0.1) is 0 Å². The van der Waals surface area contributed by atoms with Gasteiger partial charge in [-0.05, 0) is 84.1 Å². The average molecular weight is 569 g/mol. The first-order chi connectivity index (χ1) is 19.6. The molecule has 238 valence electrons. The molecule has 0 aliphatic carbocycles. The van der Waals surface area contributed by atoms with E-state index in [1.807, 2.05) is 0 Å². The maximum atomic E-state index is 12.2. The van der Waals surface area contributed by atoms with Crippen LogP contribution in [0.2, 0.25) is 0 Å². The summed E-state index contributed by atoms with van der Waals surface area (Å²) >= 11 is 0. The van der Waals surface area contributed by atoms with E-state index in [1.165, 1.54) is 70.6 Å². The van der Waals surface area contributed by atoms with E-state index in [9.17, 15) is 9.59 Å². The Morgan fingerprint density at radius 3 is 1.60 bits per heavy atom. The summed E-state index contributed by atoms with van der Waals surface area (Å²) in [4.78, 5) is 24.2. The number of amides is 2. The SMILES string of the molecule is CCCCCCCCCCCCCCCC(=O)NCCCC[C@H](N)C(=O)NCCCNCCCCNCCCN. The van der Waals surface area contributed by atoms with E-state index >= 15 is 0 Å². The van der Waals surface area contributed by atoms with Crippen molar-refractivity contribution in [2.75, 3.05) is 45.8 Å². The largest absolute Gasteiger partial charge is 0.356 e. The molecule has 0 aliphatic rings. The Balaban J connectivity index is 3.38. The molecule has 0 aromatic carbocycles. The fourth-order valence-corrected chi connectivity index (χ4v) is 4.77. The zero-order valence-corrected chi connectivity index (χ0v) is 26.3. The molecule has 0 spiro atoms. The summed E-state index contributed by atoms with van der Waals surface area (Å²) in [5.74, 6) is 0.0768. The van der Waals surface area contributed by atoms with Crippen molar-refractivity contribution in [3.05, 3.63) is 0 Å². The Labute approximate surface area is 247 Å². The van der Waals surface area contributed by atoms with Gasteiger partial charge in [-0.25, -0.2) is 0 Å². The Kier molecular flexibility index (Phi) is 31.3. The molecule has 2 amide bonds. The molecule has 8 nitrogen and oxygen atoms in total. The van der Waals surface area contributed by atoms with Gasteiger partial charge in [0.2, 0.25) is 11.8 Å². The number of nitrogens with two attached hydrogens (primary N) is 2. The second kappa shape index (κ2) is 32.3. The van der Waals surface area contributed by atoms with Crippen LogP contribution in [0.5, 0.6) is 0 Å². The molecule has 0 heterocycles. The lowest BCUT2D eigenvalue weighted by Gasteiger charge is -2.12. The van der Waals surface area contributed by atoms with Crippen molar-refractivity contribution in [2.24, 2.45) is 11.5 Å². The lowest BCUT2D eigenvalue weighted by Crippen LogP contribution is -2.41. The van der Waals surface area contributed by atoms with Crippen LogP contribution < -0.4 is 32.7 Å². The van der Waals surface area contributed by atoms with Crippen molar-refractivity contribution in [1.82, 2.24) is 21.3 Å².